The summed E-state index contributed by atoms with van der Waals surface area (Å²) < 4.78 is 8.92. The molecule has 4 rings (SSSR count). The Labute approximate surface area is 193 Å². The smallest absolute Gasteiger partial charge is 0.269 e. The van der Waals surface area contributed by atoms with Crippen LogP contribution in [-0.2, 0) is 11.2 Å². The van der Waals surface area contributed by atoms with Gasteiger partial charge in [-0.05, 0) is 42.0 Å². The number of nitro groups is 1. The van der Waals surface area contributed by atoms with Crippen molar-refractivity contribution in [2.45, 2.75) is 11.6 Å². The molecule has 10 nitrogen and oxygen atoms in total. The van der Waals surface area contributed by atoms with Gasteiger partial charge >= 0.3 is 0 Å². The van der Waals surface area contributed by atoms with Crippen LogP contribution in [0.4, 0.5) is 11.4 Å². The molecule has 0 aliphatic heterocycles. The van der Waals surface area contributed by atoms with Crippen molar-refractivity contribution in [3.05, 3.63) is 94.6 Å². The Morgan fingerprint density at radius 2 is 1.79 bits per heavy atom. The number of carbonyl (C=O) groups is 1. The first-order chi connectivity index (χ1) is 16.0. The summed E-state index contributed by atoms with van der Waals surface area (Å²) in [6, 6.07) is 17.2. The minimum absolute atomic E-state index is 0.0356. The quantitative estimate of drug-likeness (QED) is 0.228. The molecule has 0 saturated heterocycles. The van der Waals surface area contributed by atoms with Crippen molar-refractivity contribution in [1.82, 2.24) is 19.5 Å². The lowest BCUT2D eigenvalue weighted by Gasteiger charge is -2.11. The van der Waals surface area contributed by atoms with Crippen LogP contribution in [0.5, 0.6) is 5.75 Å². The van der Waals surface area contributed by atoms with E-state index in [1.165, 1.54) is 36.0 Å². The van der Waals surface area contributed by atoms with Gasteiger partial charge in [-0.2, -0.15) is 0 Å². The third kappa shape index (κ3) is 5.39. The number of hydrogen-bond donors (Lipinski definition) is 1. The summed E-state index contributed by atoms with van der Waals surface area (Å²) in [6.07, 6.45) is 4.30. The molecule has 33 heavy (non-hydrogen) atoms. The van der Waals surface area contributed by atoms with Crippen LogP contribution in [0.1, 0.15) is 11.4 Å². The van der Waals surface area contributed by atoms with Gasteiger partial charge in [-0.3, -0.25) is 19.6 Å². The number of nitro benzene ring substituents is 1. The molecule has 0 spiro atoms. The van der Waals surface area contributed by atoms with Crippen molar-refractivity contribution in [2.24, 2.45) is 0 Å². The van der Waals surface area contributed by atoms with Crippen LogP contribution in [0.25, 0.3) is 0 Å². The van der Waals surface area contributed by atoms with Gasteiger partial charge in [0.05, 0.1) is 17.8 Å². The van der Waals surface area contributed by atoms with Crippen LogP contribution >= 0.6 is 11.8 Å². The van der Waals surface area contributed by atoms with E-state index in [1.807, 2.05) is 58.1 Å². The summed E-state index contributed by atoms with van der Waals surface area (Å²) in [5, 5.41) is 22.7. The van der Waals surface area contributed by atoms with E-state index in [1.54, 1.807) is 7.11 Å². The summed E-state index contributed by atoms with van der Waals surface area (Å²) >= 11 is 1.25. The molecular weight excluding hydrogens is 444 g/mol. The van der Waals surface area contributed by atoms with E-state index >= 15 is 0 Å². The highest BCUT2D eigenvalue weighted by Crippen LogP contribution is 2.21. The Bertz CT molecular complexity index is 1240. The number of nitrogens with zero attached hydrogens (tertiary/aromatic N) is 5. The van der Waals surface area contributed by atoms with Gasteiger partial charge < -0.3 is 10.1 Å². The lowest BCUT2D eigenvalue weighted by Crippen LogP contribution is -2.16. The van der Waals surface area contributed by atoms with Gasteiger partial charge in [-0.1, -0.05) is 23.9 Å². The molecule has 2 heterocycles. The van der Waals surface area contributed by atoms with Gasteiger partial charge in [-0.25, -0.2) is 4.68 Å². The number of ether oxygens (including phenoxy) is 1. The zero-order valence-corrected chi connectivity index (χ0v) is 18.4. The molecule has 0 atom stereocenters. The minimum atomic E-state index is -0.487. The third-order valence-corrected chi connectivity index (χ3v) is 5.63. The number of amides is 1. The van der Waals surface area contributed by atoms with E-state index in [0.717, 1.165) is 17.1 Å². The molecule has 0 fully saturated rings. The van der Waals surface area contributed by atoms with Crippen molar-refractivity contribution in [3.8, 4) is 5.75 Å². The third-order valence-electron chi connectivity index (χ3n) is 4.71. The highest BCUT2D eigenvalue weighted by molar-refractivity contribution is 7.99. The Kier molecular flexibility index (Phi) is 6.69. The Balaban J connectivity index is 1.46. The average Bonchev–Trinajstić information content (AvgIpc) is 3.48. The Hall–Kier alpha value is -4.12. The molecule has 0 bridgehead atoms. The maximum Gasteiger partial charge on any atom is 0.269 e. The lowest BCUT2D eigenvalue weighted by molar-refractivity contribution is -0.384. The van der Waals surface area contributed by atoms with Gasteiger partial charge in [0, 0.05) is 36.6 Å². The monoisotopic (exact) mass is 464 g/mol. The standard InChI is InChI=1S/C22H20N6O4S/c1-32-19-10-4-16(5-11-19)14-20-24-25-22(27(20)26-12-2-3-13-26)33-15-21(29)23-17-6-8-18(9-7-17)28(30)31/h2-13H,14-15H2,1H3,(H,23,29). The zero-order valence-electron chi connectivity index (χ0n) is 17.6. The normalized spacial score (nSPS) is 10.7. The SMILES string of the molecule is COc1ccc(Cc2nnc(SCC(=O)Nc3ccc([N+](=O)[O-])cc3)n2-n2cccc2)cc1. The number of thioether (sulfide) groups is 1. The summed E-state index contributed by atoms with van der Waals surface area (Å²) in [4.78, 5) is 22.7. The van der Waals surface area contributed by atoms with Crippen LogP contribution in [0.15, 0.2) is 78.2 Å². The second kappa shape index (κ2) is 10.0. The molecule has 0 aliphatic rings. The first-order valence-electron chi connectivity index (χ1n) is 9.91. The number of methoxy groups -OCH3 is 1. The van der Waals surface area contributed by atoms with Gasteiger partial charge in [0.25, 0.3) is 5.69 Å². The fourth-order valence-corrected chi connectivity index (χ4v) is 3.86. The van der Waals surface area contributed by atoms with Crippen LogP contribution in [0.2, 0.25) is 0 Å². The number of aromatic nitrogens is 4. The average molecular weight is 465 g/mol. The van der Waals surface area contributed by atoms with Crippen molar-refractivity contribution >= 4 is 29.0 Å². The van der Waals surface area contributed by atoms with E-state index in [0.29, 0.717) is 17.3 Å². The lowest BCUT2D eigenvalue weighted by atomic mass is 10.1. The largest absolute Gasteiger partial charge is 0.497 e. The van der Waals surface area contributed by atoms with Gasteiger partial charge in [-0.15, -0.1) is 10.2 Å². The highest BCUT2D eigenvalue weighted by Gasteiger charge is 2.16. The first-order valence-corrected chi connectivity index (χ1v) is 10.9. The minimum Gasteiger partial charge on any atom is -0.497 e. The number of benzene rings is 2. The van der Waals surface area contributed by atoms with E-state index in [9.17, 15) is 14.9 Å². The van der Waals surface area contributed by atoms with Crippen molar-refractivity contribution in [3.63, 3.8) is 0 Å². The van der Waals surface area contributed by atoms with E-state index in [-0.39, 0.29) is 17.3 Å². The summed E-state index contributed by atoms with van der Waals surface area (Å²) in [5.74, 6) is 1.34. The number of nitrogens with one attached hydrogen (secondary N) is 1. The molecule has 168 valence electrons. The Morgan fingerprint density at radius 1 is 1.09 bits per heavy atom. The first kappa shape index (κ1) is 22.1. The zero-order chi connectivity index (χ0) is 23.2. The van der Waals surface area contributed by atoms with Crippen molar-refractivity contribution in [2.75, 3.05) is 18.2 Å². The van der Waals surface area contributed by atoms with Crippen LogP contribution in [0.3, 0.4) is 0 Å². The Morgan fingerprint density at radius 3 is 2.42 bits per heavy atom. The fourth-order valence-electron chi connectivity index (χ4n) is 3.11. The summed E-state index contributed by atoms with van der Waals surface area (Å²) in [7, 11) is 1.62. The van der Waals surface area contributed by atoms with Crippen LogP contribution < -0.4 is 10.1 Å². The molecule has 1 N–H and O–H groups in total. The van der Waals surface area contributed by atoms with Crippen molar-refractivity contribution < 1.29 is 14.5 Å². The van der Waals surface area contributed by atoms with E-state index < -0.39 is 4.92 Å². The molecule has 0 aliphatic carbocycles. The summed E-state index contributed by atoms with van der Waals surface area (Å²) in [6.45, 7) is 0. The molecule has 2 aromatic carbocycles. The van der Waals surface area contributed by atoms with E-state index in [4.69, 9.17) is 4.74 Å². The topological polar surface area (TPSA) is 117 Å². The van der Waals surface area contributed by atoms with Gasteiger partial charge in [0.2, 0.25) is 11.1 Å². The maximum absolute atomic E-state index is 12.4. The number of carbonyl (C=O) groups excluding carboxylic acids is 1. The number of non-ortho nitro benzene ring substituents is 1. The van der Waals surface area contributed by atoms with E-state index in [2.05, 4.69) is 15.5 Å². The molecule has 2 aromatic heterocycles. The second-order valence-corrected chi connectivity index (χ2v) is 7.88. The number of anilines is 1. The maximum atomic E-state index is 12.4. The second-order valence-electron chi connectivity index (χ2n) is 6.94. The molecule has 4 aromatic rings. The molecular formula is C22H20N6O4S. The molecule has 11 heteroatoms. The van der Waals surface area contributed by atoms with Gasteiger partial charge in [0.15, 0.2) is 5.82 Å². The summed E-state index contributed by atoms with van der Waals surface area (Å²) in [5.41, 5.74) is 1.49. The number of hydrogen-bond acceptors (Lipinski definition) is 7. The van der Waals surface area contributed by atoms with Crippen LogP contribution in [-0.4, -0.2) is 43.2 Å². The highest BCUT2D eigenvalue weighted by atomic mass is 32.2. The molecule has 0 saturated carbocycles. The van der Waals surface area contributed by atoms with Gasteiger partial charge in [0.1, 0.15) is 5.75 Å². The van der Waals surface area contributed by atoms with Crippen molar-refractivity contribution in [1.29, 1.82) is 0 Å². The molecule has 0 radical (unpaired) electrons. The molecule has 1 amide bonds. The predicted octanol–water partition coefficient (Wildman–Crippen LogP) is 3.63. The fraction of sp³-hybridized carbons (Fsp3) is 0.136. The van der Waals surface area contributed by atoms with Crippen LogP contribution in [0, 0.1) is 10.1 Å². The predicted molar refractivity (Wildman–Crippen MR) is 124 cm³/mol. The molecule has 0 unspecified atom stereocenters. The number of rotatable bonds is 9.